The average Bonchev–Trinajstić information content (AvgIpc) is 2.57. The van der Waals surface area contributed by atoms with Crippen molar-refractivity contribution in [2.24, 2.45) is 5.73 Å². The van der Waals surface area contributed by atoms with E-state index < -0.39 is 0 Å². The van der Waals surface area contributed by atoms with Gasteiger partial charge in [-0.3, -0.25) is 0 Å². The van der Waals surface area contributed by atoms with Crippen LogP contribution in [0.1, 0.15) is 42.3 Å². The Morgan fingerprint density at radius 1 is 1.47 bits per heavy atom. The molecule has 1 aliphatic carbocycles. The minimum absolute atomic E-state index is 0.271. The fraction of sp³-hybridized carbons (Fsp3) is 0.714. The Morgan fingerprint density at radius 3 is 2.94 bits per heavy atom. The van der Waals surface area contributed by atoms with Crippen LogP contribution in [0.15, 0.2) is 6.07 Å². The molecule has 0 spiro atoms. The molecule has 0 aromatic carbocycles. The van der Waals surface area contributed by atoms with Crippen molar-refractivity contribution in [1.82, 2.24) is 9.47 Å². The molecule has 17 heavy (non-hydrogen) atoms. The van der Waals surface area contributed by atoms with E-state index in [0.29, 0.717) is 0 Å². The summed E-state index contributed by atoms with van der Waals surface area (Å²) in [6.07, 6.45) is 4.81. The van der Waals surface area contributed by atoms with E-state index in [1.807, 2.05) is 0 Å². The zero-order valence-electron chi connectivity index (χ0n) is 11.4. The molecule has 0 bridgehead atoms. The van der Waals surface area contributed by atoms with Crippen LogP contribution >= 0.6 is 0 Å². The molecule has 1 atom stereocenters. The van der Waals surface area contributed by atoms with Gasteiger partial charge in [0.25, 0.3) is 0 Å². The summed E-state index contributed by atoms with van der Waals surface area (Å²) in [5.74, 6) is 0. The van der Waals surface area contributed by atoms with E-state index in [9.17, 15) is 0 Å². The number of rotatable bonds is 4. The number of aryl methyl sites for hydroxylation is 1. The van der Waals surface area contributed by atoms with Gasteiger partial charge in [0.05, 0.1) is 0 Å². The molecular weight excluding hydrogens is 210 g/mol. The van der Waals surface area contributed by atoms with E-state index in [1.165, 1.54) is 36.2 Å². The Kier molecular flexibility index (Phi) is 3.89. The Labute approximate surface area is 105 Å². The van der Waals surface area contributed by atoms with Gasteiger partial charge in [-0.2, -0.15) is 0 Å². The van der Waals surface area contributed by atoms with Gasteiger partial charge in [-0.05, 0) is 64.9 Å². The van der Waals surface area contributed by atoms with Crippen molar-refractivity contribution in [1.29, 1.82) is 0 Å². The number of fused-ring (bicyclic) bond motifs is 1. The molecule has 0 aliphatic heterocycles. The predicted molar refractivity (Wildman–Crippen MR) is 72.2 cm³/mol. The number of nitrogens with zero attached hydrogens (tertiary/aromatic N) is 2. The zero-order chi connectivity index (χ0) is 12.4. The average molecular weight is 235 g/mol. The van der Waals surface area contributed by atoms with E-state index >= 15 is 0 Å². The number of nitrogens with two attached hydrogens (primary N) is 1. The molecular formula is C14H25N3. The molecule has 0 amide bonds. The Hall–Kier alpha value is -0.800. The van der Waals surface area contributed by atoms with Crippen molar-refractivity contribution in [2.45, 2.75) is 45.2 Å². The molecule has 1 aliphatic rings. The maximum atomic E-state index is 6.18. The van der Waals surface area contributed by atoms with E-state index in [0.717, 1.165) is 19.5 Å². The quantitative estimate of drug-likeness (QED) is 0.867. The fourth-order valence-corrected chi connectivity index (χ4v) is 2.86. The summed E-state index contributed by atoms with van der Waals surface area (Å²) in [5, 5.41) is 0. The van der Waals surface area contributed by atoms with Crippen LogP contribution in [0.2, 0.25) is 0 Å². The van der Waals surface area contributed by atoms with Crippen LogP contribution in [0.5, 0.6) is 0 Å². The van der Waals surface area contributed by atoms with Crippen LogP contribution < -0.4 is 5.73 Å². The zero-order valence-corrected chi connectivity index (χ0v) is 11.4. The monoisotopic (exact) mass is 235 g/mol. The lowest BCUT2D eigenvalue weighted by Gasteiger charge is -2.21. The fourth-order valence-electron chi connectivity index (χ4n) is 2.86. The lowest BCUT2D eigenvalue weighted by molar-refractivity contribution is 0.382. The van der Waals surface area contributed by atoms with Gasteiger partial charge in [0.15, 0.2) is 0 Å². The molecule has 0 fully saturated rings. The van der Waals surface area contributed by atoms with E-state index in [2.05, 4.69) is 36.6 Å². The Morgan fingerprint density at radius 2 is 2.24 bits per heavy atom. The van der Waals surface area contributed by atoms with Gasteiger partial charge >= 0.3 is 0 Å². The SMILES string of the molecule is Cc1cc2c(n1CCCN(C)C)CCCC2N. The third-order valence-electron chi connectivity index (χ3n) is 3.76. The molecule has 1 unspecified atom stereocenters. The maximum absolute atomic E-state index is 6.18. The second-order valence-corrected chi connectivity index (χ2v) is 5.49. The van der Waals surface area contributed by atoms with Gasteiger partial charge in [-0.1, -0.05) is 0 Å². The minimum Gasteiger partial charge on any atom is -0.348 e. The minimum atomic E-state index is 0.271. The topological polar surface area (TPSA) is 34.2 Å². The van der Waals surface area contributed by atoms with Gasteiger partial charge in [0.1, 0.15) is 0 Å². The van der Waals surface area contributed by atoms with Crippen LogP contribution in [0.4, 0.5) is 0 Å². The molecule has 2 N–H and O–H groups in total. The summed E-state index contributed by atoms with van der Waals surface area (Å²) in [4.78, 5) is 2.25. The largest absolute Gasteiger partial charge is 0.348 e. The Bertz CT molecular complexity index is 379. The Balaban J connectivity index is 2.11. The van der Waals surface area contributed by atoms with Crippen LogP contribution in [0.3, 0.4) is 0 Å². The van der Waals surface area contributed by atoms with E-state index in [-0.39, 0.29) is 6.04 Å². The second-order valence-electron chi connectivity index (χ2n) is 5.49. The predicted octanol–water partition coefficient (Wildman–Crippen LogP) is 2.08. The molecule has 0 saturated carbocycles. The van der Waals surface area contributed by atoms with E-state index in [1.54, 1.807) is 0 Å². The summed E-state index contributed by atoms with van der Waals surface area (Å²) in [6, 6.07) is 2.57. The molecule has 3 nitrogen and oxygen atoms in total. The highest BCUT2D eigenvalue weighted by Gasteiger charge is 2.21. The van der Waals surface area contributed by atoms with Gasteiger partial charge in [-0.25, -0.2) is 0 Å². The van der Waals surface area contributed by atoms with Crippen molar-refractivity contribution < 1.29 is 0 Å². The van der Waals surface area contributed by atoms with Gasteiger partial charge in [-0.15, -0.1) is 0 Å². The summed E-state index contributed by atoms with van der Waals surface area (Å²) >= 11 is 0. The normalized spacial score (nSPS) is 19.7. The second kappa shape index (κ2) is 5.23. The van der Waals surface area contributed by atoms with Crippen molar-refractivity contribution in [3.63, 3.8) is 0 Å². The lowest BCUT2D eigenvalue weighted by atomic mass is 9.93. The van der Waals surface area contributed by atoms with Crippen molar-refractivity contribution in [2.75, 3.05) is 20.6 Å². The smallest absolute Gasteiger partial charge is 0.0313 e. The van der Waals surface area contributed by atoms with E-state index in [4.69, 9.17) is 5.73 Å². The molecule has 0 saturated heterocycles. The first-order chi connectivity index (χ1) is 8.09. The summed E-state index contributed by atoms with van der Waals surface area (Å²) in [7, 11) is 4.27. The third-order valence-corrected chi connectivity index (χ3v) is 3.76. The van der Waals surface area contributed by atoms with Crippen LogP contribution in [0.25, 0.3) is 0 Å². The van der Waals surface area contributed by atoms with Crippen molar-refractivity contribution in [3.8, 4) is 0 Å². The highest BCUT2D eigenvalue weighted by Crippen LogP contribution is 2.30. The van der Waals surface area contributed by atoms with Crippen LogP contribution in [-0.4, -0.2) is 30.1 Å². The highest BCUT2D eigenvalue weighted by atomic mass is 15.1. The highest BCUT2D eigenvalue weighted by molar-refractivity contribution is 5.32. The van der Waals surface area contributed by atoms with Crippen LogP contribution in [-0.2, 0) is 13.0 Å². The first-order valence-corrected chi connectivity index (χ1v) is 6.69. The number of hydrogen-bond acceptors (Lipinski definition) is 2. The van der Waals surface area contributed by atoms with Gasteiger partial charge in [0.2, 0.25) is 0 Å². The summed E-state index contributed by atoms with van der Waals surface area (Å²) in [6.45, 7) is 4.49. The molecule has 3 heteroatoms. The first-order valence-electron chi connectivity index (χ1n) is 6.69. The molecule has 96 valence electrons. The van der Waals surface area contributed by atoms with Gasteiger partial charge in [0, 0.05) is 24.0 Å². The molecule has 1 aromatic heterocycles. The van der Waals surface area contributed by atoms with Crippen LogP contribution in [0, 0.1) is 6.92 Å². The molecule has 1 aromatic rings. The first kappa shape index (κ1) is 12.7. The lowest BCUT2D eigenvalue weighted by Crippen LogP contribution is -2.20. The molecule has 0 radical (unpaired) electrons. The third kappa shape index (κ3) is 2.72. The van der Waals surface area contributed by atoms with Gasteiger partial charge < -0.3 is 15.2 Å². The van der Waals surface area contributed by atoms with Crippen molar-refractivity contribution >= 4 is 0 Å². The number of aromatic nitrogens is 1. The van der Waals surface area contributed by atoms with Crippen molar-refractivity contribution in [3.05, 3.63) is 23.0 Å². The number of hydrogen-bond donors (Lipinski definition) is 1. The maximum Gasteiger partial charge on any atom is 0.0313 e. The molecule has 1 heterocycles. The summed E-state index contributed by atoms with van der Waals surface area (Å²) < 4.78 is 2.48. The molecule has 2 rings (SSSR count). The standard InChI is InChI=1S/C14H25N3/c1-11-10-12-13(15)6-4-7-14(12)17(11)9-5-8-16(2)3/h10,13H,4-9,15H2,1-3H3. The summed E-state index contributed by atoms with van der Waals surface area (Å²) in [5.41, 5.74) is 10.5.